The monoisotopic (exact) mass is 275 g/mol. The second-order valence-electron chi connectivity index (χ2n) is 4.89. The molecule has 17 heavy (non-hydrogen) atoms. The first-order chi connectivity index (χ1) is 7.76. The molecule has 1 atom stereocenters. The summed E-state index contributed by atoms with van der Waals surface area (Å²) in [7, 11) is 1.73. The van der Waals surface area contributed by atoms with Crippen LogP contribution in [0.25, 0.3) is 0 Å². The fraction of sp³-hybridized carbons (Fsp3) is 0.583. The van der Waals surface area contributed by atoms with Crippen LogP contribution >= 0.6 is 23.2 Å². The minimum absolute atomic E-state index is 0.0449. The van der Waals surface area contributed by atoms with Gasteiger partial charge < -0.3 is 9.32 Å². The number of alkyl halides is 2. The first-order valence-electron chi connectivity index (χ1n) is 5.45. The van der Waals surface area contributed by atoms with Gasteiger partial charge in [0.05, 0.1) is 12.0 Å². The zero-order valence-electron chi connectivity index (χ0n) is 10.1. The summed E-state index contributed by atoms with van der Waals surface area (Å²) in [5, 5.41) is 0. The van der Waals surface area contributed by atoms with E-state index in [2.05, 4.69) is 0 Å². The molecule has 1 amide bonds. The van der Waals surface area contributed by atoms with Crippen LogP contribution in [-0.4, -0.2) is 22.2 Å². The fourth-order valence-corrected chi connectivity index (χ4v) is 2.63. The third-order valence-electron chi connectivity index (χ3n) is 3.27. The predicted octanol–water partition coefficient (Wildman–Crippen LogP) is 3.13. The van der Waals surface area contributed by atoms with Crippen LogP contribution < -0.4 is 0 Å². The van der Waals surface area contributed by atoms with E-state index in [4.69, 9.17) is 27.6 Å². The van der Waals surface area contributed by atoms with Crippen LogP contribution in [-0.2, 0) is 11.3 Å². The summed E-state index contributed by atoms with van der Waals surface area (Å²) in [6.45, 7) is 4.10. The Morgan fingerprint density at radius 3 is 2.53 bits per heavy atom. The Morgan fingerprint density at radius 2 is 2.12 bits per heavy atom. The molecule has 1 fully saturated rings. The molecular formula is C12H15Cl2NO2. The van der Waals surface area contributed by atoms with Gasteiger partial charge in [0.15, 0.2) is 0 Å². The molecule has 0 N–H and O–H groups in total. The zero-order chi connectivity index (χ0) is 12.8. The standard InChI is InChI=1S/C12H15Cl2NO2/c1-8-4-5-9(17-8)6-15(3)10(16)11(2)7-12(11,13)14/h4-5H,6-7H2,1-3H3. The minimum atomic E-state index is -0.919. The molecule has 0 bridgehead atoms. The average Bonchev–Trinajstić information content (AvgIpc) is 2.58. The molecule has 94 valence electrons. The van der Waals surface area contributed by atoms with Crippen LogP contribution in [0.1, 0.15) is 24.9 Å². The number of hydrogen-bond donors (Lipinski definition) is 0. The number of amides is 1. The molecule has 0 radical (unpaired) electrons. The molecule has 1 aliphatic carbocycles. The number of rotatable bonds is 3. The van der Waals surface area contributed by atoms with Crippen molar-refractivity contribution in [2.75, 3.05) is 7.05 Å². The van der Waals surface area contributed by atoms with Crippen LogP contribution in [0, 0.1) is 12.3 Å². The molecule has 0 spiro atoms. The van der Waals surface area contributed by atoms with Gasteiger partial charge in [-0.2, -0.15) is 0 Å². The molecular weight excluding hydrogens is 261 g/mol. The van der Waals surface area contributed by atoms with Crippen LogP contribution in [0.2, 0.25) is 0 Å². The van der Waals surface area contributed by atoms with Gasteiger partial charge in [0.25, 0.3) is 0 Å². The van der Waals surface area contributed by atoms with E-state index >= 15 is 0 Å². The molecule has 1 aromatic rings. The van der Waals surface area contributed by atoms with Gasteiger partial charge in [0.2, 0.25) is 5.91 Å². The van der Waals surface area contributed by atoms with Crippen LogP contribution in [0.3, 0.4) is 0 Å². The quantitative estimate of drug-likeness (QED) is 0.795. The van der Waals surface area contributed by atoms with Gasteiger partial charge >= 0.3 is 0 Å². The Morgan fingerprint density at radius 1 is 1.53 bits per heavy atom. The molecule has 1 heterocycles. The highest BCUT2D eigenvalue weighted by molar-refractivity contribution is 6.53. The van der Waals surface area contributed by atoms with Crippen molar-refractivity contribution < 1.29 is 9.21 Å². The maximum Gasteiger partial charge on any atom is 0.231 e. The number of carbonyl (C=O) groups is 1. The van der Waals surface area contributed by atoms with Gasteiger partial charge in [-0.05, 0) is 32.4 Å². The van der Waals surface area contributed by atoms with Gasteiger partial charge in [-0.25, -0.2) is 0 Å². The van der Waals surface area contributed by atoms with Crippen LogP contribution in [0.15, 0.2) is 16.5 Å². The van der Waals surface area contributed by atoms with E-state index in [1.807, 2.05) is 19.1 Å². The SMILES string of the molecule is Cc1ccc(CN(C)C(=O)C2(C)CC2(Cl)Cl)o1. The van der Waals surface area contributed by atoms with Crippen molar-refractivity contribution in [3.05, 3.63) is 23.7 Å². The smallest absolute Gasteiger partial charge is 0.231 e. The topological polar surface area (TPSA) is 33.5 Å². The molecule has 0 saturated heterocycles. The van der Waals surface area contributed by atoms with Gasteiger partial charge in [-0.15, -0.1) is 23.2 Å². The van der Waals surface area contributed by atoms with E-state index in [-0.39, 0.29) is 5.91 Å². The lowest BCUT2D eigenvalue weighted by atomic mass is 10.1. The summed E-state index contributed by atoms with van der Waals surface area (Å²) < 4.78 is 4.51. The van der Waals surface area contributed by atoms with Crippen LogP contribution in [0.4, 0.5) is 0 Å². The summed E-state index contributed by atoms with van der Waals surface area (Å²) in [6, 6.07) is 3.74. The Balaban J connectivity index is 2.02. The summed E-state index contributed by atoms with van der Waals surface area (Å²) in [5.74, 6) is 1.55. The summed E-state index contributed by atoms with van der Waals surface area (Å²) in [5.41, 5.74) is -0.660. The predicted molar refractivity (Wildman–Crippen MR) is 67.1 cm³/mol. The Kier molecular flexibility index (Phi) is 2.95. The van der Waals surface area contributed by atoms with Crippen molar-refractivity contribution in [1.29, 1.82) is 0 Å². The number of furan rings is 1. The van der Waals surface area contributed by atoms with E-state index in [1.165, 1.54) is 0 Å². The van der Waals surface area contributed by atoms with Crippen molar-refractivity contribution in [2.24, 2.45) is 5.41 Å². The van der Waals surface area contributed by atoms with E-state index in [0.717, 1.165) is 11.5 Å². The number of nitrogens with zero attached hydrogens (tertiary/aromatic N) is 1. The van der Waals surface area contributed by atoms with Crippen molar-refractivity contribution in [2.45, 2.75) is 31.1 Å². The Hall–Kier alpha value is -0.670. The Bertz CT molecular complexity index is 455. The molecule has 1 unspecified atom stereocenters. The molecule has 2 rings (SSSR count). The van der Waals surface area contributed by atoms with Gasteiger partial charge in [-0.1, -0.05) is 0 Å². The number of hydrogen-bond acceptors (Lipinski definition) is 2. The highest BCUT2D eigenvalue weighted by Gasteiger charge is 2.68. The lowest BCUT2D eigenvalue weighted by molar-refractivity contribution is -0.135. The normalized spacial score (nSPS) is 25.7. The lowest BCUT2D eigenvalue weighted by Gasteiger charge is -2.21. The summed E-state index contributed by atoms with van der Waals surface area (Å²) in [4.78, 5) is 13.8. The zero-order valence-corrected chi connectivity index (χ0v) is 11.6. The van der Waals surface area contributed by atoms with Gasteiger partial charge in [0, 0.05) is 7.05 Å². The maximum atomic E-state index is 12.2. The third-order valence-corrected chi connectivity index (χ3v) is 4.37. The second-order valence-corrected chi connectivity index (χ2v) is 6.37. The summed E-state index contributed by atoms with van der Waals surface area (Å²) in [6.07, 6.45) is 0.503. The van der Waals surface area contributed by atoms with E-state index in [0.29, 0.717) is 13.0 Å². The van der Waals surface area contributed by atoms with Gasteiger partial charge in [-0.3, -0.25) is 4.79 Å². The molecule has 3 nitrogen and oxygen atoms in total. The van der Waals surface area contributed by atoms with Crippen molar-refractivity contribution in [3.63, 3.8) is 0 Å². The first kappa shape index (κ1) is 12.8. The van der Waals surface area contributed by atoms with E-state index < -0.39 is 9.75 Å². The highest BCUT2D eigenvalue weighted by atomic mass is 35.5. The van der Waals surface area contributed by atoms with Gasteiger partial charge in [0.1, 0.15) is 15.9 Å². The number of aryl methyl sites for hydroxylation is 1. The van der Waals surface area contributed by atoms with Crippen molar-refractivity contribution in [3.8, 4) is 0 Å². The largest absolute Gasteiger partial charge is 0.464 e. The Labute approximate surface area is 111 Å². The third kappa shape index (κ3) is 2.18. The summed E-state index contributed by atoms with van der Waals surface area (Å²) >= 11 is 12.0. The number of carbonyl (C=O) groups excluding carboxylic acids is 1. The maximum absolute atomic E-state index is 12.2. The average molecular weight is 276 g/mol. The molecule has 5 heteroatoms. The number of halogens is 2. The highest BCUT2D eigenvalue weighted by Crippen LogP contribution is 2.64. The van der Waals surface area contributed by atoms with Crippen LogP contribution in [0.5, 0.6) is 0 Å². The van der Waals surface area contributed by atoms with E-state index in [1.54, 1.807) is 18.9 Å². The molecule has 0 aliphatic heterocycles. The van der Waals surface area contributed by atoms with Crippen molar-refractivity contribution >= 4 is 29.1 Å². The molecule has 1 saturated carbocycles. The molecule has 1 aliphatic rings. The second kappa shape index (κ2) is 3.92. The lowest BCUT2D eigenvalue weighted by Crippen LogP contribution is -2.34. The van der Waals surface area contributed by atoms with E-state index in [9.17, 15) is 4.79 Å². The molecule has 0 aromatic carbocycles. The fourth-order valence-electron chi connectivity index (χ4n) is 1.93. The molecule has 1 aromatic heterocycles. The van der Waals surface area contributed by atoms with Crippen molar-refractivity contribution in [1.82, 2.24) is 4.90 Å². The first-order valence-corrected chi connectivity index (χ1v) is 6.20. The minimum Gasteiger partial charge on any atom is -0.464 e.